The highest BCUT2D eigenvalue weighted by atomic mass is 16.4. The van der Waals surface area contributed by atoms with Crippen LogP contribution in [0.15, 0.2) is 11.6 Å². The second kappa shape index (κ2) is 6.93. The van der Waals surface area contributed by atoms with Crippen LogP contribution in [0.4, 0.5) is 0 Å². The maximum Gasteiger partial charge on any atom is 0.332 e. The fraction of sp³-hybridized carbons (Fsp3) is 0.783. The van der Waals surface area contributed by atoms with E-state index in [4.69, 9.17) is 5.11 Å². The highest BCUT2D eigenvalue weighted by molar-refractivity contribution is 5.92. The van der Waals surface area contributed by atoms with Gasteiger partial charge in [-0.05, 0) is 85.5 Å². The van der Waals surface area contributed by atoms with E-state index in [-0.39, 0.29) is 46.7 Å². The third-order valence-electron chi connectivity index (χ3n) is 9.32. The number of fused-ring (bicyclic) bond motifs is 5. The van der Waals surface area contributed by atoms with Gasteiger partial charge in [-0.15, -0.1) is 0 Å². The van der Waals surface area contributed by atoms with Gasteiger partial charge in [0.05, 0.1) is 5.92 Å². The van der Waals surface area contributed by atoms with Crippen LogP contribution in [0.5, 0.6) is 0 Å². The molecule has 0 heterocycles. The highest BCUT2D eigenvalue weighted by Crippen LogP contribution is 2.68. The Morgan fingerprint density at radius 1 is 1.14 bits per heavy atom. The van der Waals surface area contributed by atoms with E-state index in [0.717, 1.165) is 37.7 Å². The van der Waals surface area contributed by atoms with Crippen molar-refractivity contribution in [3.05, 3.63) is 11.6 Å². The molecule has 1 unspecified atom stereocenters. The van der Waals surface area contributed by atoms with Gasteiger partial charge in [0.1, 0.15) is 0 Å². The molecule has 0 saturated heterocycles. The first kappa shape index (κ1) is 20.6. The minimum atomic E-state index is -1.36. The molecule has 0 aromatic carbocycles. The molecule has 3 saturated carbocycles. The Hall–Kier alpha value is -1.69. The summed E-state index contributed by atoms with van der Waals surface area (Å²) in [6.45, 7) is 4.42. The Morgan fingerprint density at radius 3 is 2.52 bits per heavy atom. The van der Waals surface area contributed by atoms with Crippen molar-refractivity contribution in [2.24, 2.45) is 40.4 Å². The Balaban J connectivity index is 1.68. The third-order valence-corrected chi connectivity index (χ3v) is 9.32. The molecule has 4 rings (SSSR count). The van der Waals surface area contributed by atoms with Gasteiger partial charge in [-0.2, -0.15) is 0 Å². The smallest absolute Gasteiger partial charge is 0.332 e. The summed E-state index contributed by atoms with van der Waals surface area (Å²) in [5, 5.41) is 29.2. The Morgan fingerprint density at radius 2 is 1.86 bits per heavy atom. The van der Waals surface area contributed by atoms with Crippen molar-refractivity contribution < 1.29 is 29.7 Å². The van der Waals surface area contributed by atoms with Gasteiger partial charge in [0, 0.05) is 6.42 Å². The molecule has 160 valence electrons. The average Bonchev–Trinajstić information content (AvgIpc) is 2.98. The summed E-state index contributed by atoms with van der Waals surface area (Å²) in [6.07, 6.45) is 5.98. The van der Waals surface area contributed by atoms with Gasteiger partial charge in [-0.1, -0.05) is 19.4 Å². The SMILES string of the molecule is C[C@]12CC[C@H]3[C@@H]([C@H](C(=O)O)CC4=CC(=O)CC[C@@]43C)[C@@H]1CC[C@@H]2CC(O)C(=O)O. The lowest BCUT2D eigenvalue weighted by atomic mass is 9.44. The number of carboxylic acids is 2. The minimum Gasteiger partial charge on any atom is -0.481 e. The van der Waals surface area contributed by atoms with Gasteiger partial charge < -0.3 is 15.3 Å². The average molecular weight is 405 g/mol. The standard InChI is InChI=1S/C23H32O6/c1-22-8-6-17-19(16(22)4-3-12(22)11-18(25)21(28)29)15(20(26)27)10-13-9-14(24)5-7-23(13,17)2/h9,12,15-19,25H,3-8,10-11H2,1-2H3,(H,26,27)(H,28,29)/t12-,15-,16+,17+,18?,19+,22-,23+/m1/s1. The summed E-state index contributed by atoms with van der Waals surface area (Å²) in [5.41, 5.74) is 0.791. The number of aliphatic hydroxyl groups is 1. The predicted molar refractivity (Wildman–Crippen MR) is 105 cm³/mol. The maximum absolute atomic E-state index is 12.3. The van der Waals surface area contributed by atoms with Gasteiger partial charge in [0.15, 0.2) is 11.9 Å². The number of hydrogen-bond donors (Lipinski definition) is 3. The van der Waals surface area contributed by atoms with E-state index in [9.17, 15) is 24.6 Å². The van der Waals surface area contributed by atoms with Crippen LogP contribution in [0.1, 0.15) is 65.2 Å². The number of carbonyl (C=O) groups excluding carboxylic acids is 1. The second-order valence-electron chi connectivity index (χ2n) is 10.4. The summed E-state index contributed by atoms with van der Waals surface area (Å²) in [7, 11) is 0. The van der Waals surface area contributed by atoms with Crippen molar-refractivity contribution in [3.8, 4) is 0 Å². The van der Waals surface area contributed by atoms with E-state index < -0.39 is 24.0 Å². The van der Waals surface area contributed by atoms with Crippen LogP contribution in [0.2, 0.25) is 0 Å². The molecular weight excluding hydrogens is 372 g/mol. The number of aliphatic hydroxyl groups excluding tert-OH is 1. The van der Waals surface area contributed by atoms with E-state index in [2.05, 4.69) is 13.8 Å². The summed E-state index contributed by atoms with van der Waals surface area (Å²) in [5.74, 6) is -1.70. The highest BCUT2D eigenvalue weighted by Gasteiger charge is 2.62. The summed E-state index contributed by atoms with van der Waals surface area (Å²) < 4.78 is 0. The van der Waals surface area contributed by atoms with Crippen LogP contribution >= 0.6 is 0 Å². The number of aliphatic carboxylic acids is 2. The quantitative estimate of drug-likeness (QED) is 0.663. The number of carboxylic acid groups (broad SMARTS) is 2. The van der Waals surface area contributed by atoms with Gasteiger partial charge >= 0.3 is 11.9 Å². The Kier molecular flexibility index (Phi) is 4.92. The summed E-state index contributed by atoms with van der Waals surface area (Å²) in [4.78, 5) is 35.5. The van der Waals surface area contributed by atoms with E-state index in [1.165, 1.54) is 0 Å². The number of carbonyl (C=O) groups is 3. The largest absolute Gasteiger partial charge is 0.481 e. The molecule has 0 radical (unpaired) electrons. The molecule has 6 heteroatoms. The molecule has 8 atom stereocenters. The molecule has 3 N–H and O–H groups in total. The number of rotatable bonds is 4. The monoisotopic (exact) mass is 404 g/mol. The first-order valence-electron chi connectivity index (χ1n) is 11.0. The Bertz CT molecular complexity index is 771. The van der Waals surface area contributed by atoms with Crippen LogP contribution in [-0.2, 0) is 14.4 Å². The first-order chi connectivity index (χ1) is 13.6. The first-order valence-corrected chi connectivity index (χ1v) is 11.0. The molecule has 6 nitrogen and oxygen atoms in total. The van der Waals surface area contributed by atoms with Crippen LogP contribution in [-0.4, -0.2) is 39.1 Å². The zero-order valence-corrected chi connectivity index (χ0v) is 17.3. The molecule has 3 fully saturated rings. The molecule has 4 aliphatic rings. The van der Waals surface area contributed by atoms with Crippen molar-refractivity contribution >= 4 is 17.7 Å². The normalized spacial score (nSPS) is 44.9. The zero-order chi connectivity index (χ0) is 21.1. The van der Waals surface area contributed by atoms with Gasteiger partial charge in [0.2, 0.25) is 0 Å². The van der Waals surface area contributed by atoms with Gasteiger partial charge in [-0.25, -0.2) is 4.79 Å². The molecule has 29 heavy (non-hydrogen) atoms. The van der Waals surface area contributed by atoms with E-state index in [0.29, 0.717) is 12.8 Å². The fourth-order valence-corrected chi connectivity index (χ4v) is 7.68. The molecular formula is C23H32O6. The number of hydrogen-bond acceptors (Lipinski definition) is 4. The lowest BCUT2D eigenvalue weighted by molar-refractivity contribution is -0.156. The lowest BCUT2D eigenvalue weighted by Crippen LogP contribution is -2.55. The van der Waals surface area contributed by atoms with Crippen LogP contribution in [0, 0.1) is 40.4 Å². The number of ketones is 1. The molecule has 0 bridgehead atoms. The number of allylic oxidation sites excluding steroid dienone is 1. The second-order valence-corrected chi connectivity index (χ2v) is 10.4. The van der Waals surface area contributed by atoms with Crippen molar-refractivity contribution in [2.45, 2.75) is 71.3 Å². The summed E-state index contributed by atoms with van der Waals surface area (Å²) in [6, 6.07) is 0. The van der Waals surface area contributed by atoms with E-state index in [1.807, 2.05) is 0 Å². The molecule has 0 aromatic rings. The van der Waals surface area contributed by atoms with Gasteiger partial charge in [0.25, 0.3) is 0 Å². The van der Waals surface area contributed by atoms with E-state index in [1.54, 1.807) is 6.08 Å². The van der Waals surface area contributed by atoms with Crippen molar-refractivity contribution in [3.63, 3.8) is 0 Å². The zero-order valence-electron chi connectivity index (χ0n) is 17.3. The van der Waals surface area contributed by atoms with Crippen LogP contribution in [0.25, 0.3) is 0 Å². The molecule has 0 aromatic heterocycles. The van der Waals surface area contributed by atoms with Crippen molar-refractivity contribution in [2.75, 3.05) is 0 Å². The van der Waals surface area contributed by atoms with Crippen molar-refractivity contribution in [1.82, 2.24) is 0 Å². The minimum absolute atomic E-state index is 0.0496. The third kappa shape index (κ3) is 3.06. The van der Waals surface area contributed by atoms with Crippen molar-refractivity contribution in [1.29, 1.82) is 0 Å². The topological polar surface area (TPSA) is 112 Å². The molecule has 0 spiro atoms. The van der Waals surface area contributed by atoms with E-state index >= 15 is 0 Å². The van der Waals surface area contributed by atoms with Gasteiger partial charge in [-0.3, -0.25) is 9.59 Å². The molecule has 0 aliphatic heterocycles. The van der Waals surface area contributed by atoms with Crippen LogP contribution in [0.3, 0.4) is 0 Å². The fourth-order valence-electron chi connectivity index (χ4n) is 7.68. The lowest BCUT2D eigenvalue weighted by Gasteiger charge is -2.59. The Labute approximate surface area is 171 Å². The molecule has 4 aliphatic carbocycles. The van der Waals surface area contributed by atoms with Crippen LogP contribution < -0.4 is 0 Å². The maximum atomic E-state index is 12.3. The predicted octanol–water partition coefficient (Wildman–Crippen LogP) is 3.28. The summed E-state index contributed by atoms with van der Waals surface area (Å²) >= 11 is 0. The molecule has 0 amide bonds.